The first-order valence-electron chi connectivity index (χ1n) is 8.24. The molecule has 1 aromatic carbocycles. The Morgan fingerprint density at radius 2 is 1.26 bits per heavy atom. The van der Waals surface area contributed by atoms with Crippen molar-refractivity contribution in [2.75, 3.05) is 0 Å². The zero-order valence-corrected chi connectivity index (χ0v) is 13.3. The van der Waals surface area contributed by atoms with E-state index in [1.54, 1.807) is 0 Å². The lowest BCUT2D eigenvalue weighted by Crippen LogP contribution is -1.88. The van der Waals surface area contributed by atoms with Crippen molar-refractivity contribution in [1.29, 1.82) is 0 Å². The summed E-state index contributed by atoms with van der Waals surface area (Å²) < 4.78 is 0. The molecule has 0 heterocycles. The third-order valence-corrected chi connectivity index (χ3v) is 3.87. The first kappa shape index (κ1) is 16.3. The lowest BCUT2D eigenvalue weighted by atomic mass is 10.0. The summed E-state index contributed by atoms with van der Waals surface area (Å²) in [5, 5.41) is 0. The minimum absolute atomic E-state index is 0.884. The fraction of sp³-hybridized carbons (Fsp3) is 0.684. The summed E-state index contributed by atoms with van der Waals surface area (Å²) in [5.74, 6) is 0.884. The third-order valence-electron chi connectivity index (χ3n) is 3.87. The second kappa shape index (κ2) is 10.1. The molecule has 0 aliphatic heterocycles. The van der Waals surface area contributed by atoms with Gasteiger partial charge in [-0.15, -0.1) is 0 Å². The van der Waals surface area contributed by atoms with Crippen LogP contribution in [0.25, 0.3) is 0 Å². The Morgan fingerprint density at radius 1 is 0.737 bits per heavy atom. The second-order valence-corrected chi connectivity index (χ2v) is 6.39. The van der Waals surface area contributed by atoms with Crippen LogP contribution in [0.3, 0.4) is 0 Å². The van der Waals surface area contributed by atoms with Crippen LogP contribution in [-0.2, 0) is 6.42 Å². The zero-order chi connectivity index (χ0) is 13.9. The molecule has 0 amide bonds. The Hall–Kier alpha value is -0.780. The Morgan fingerprint density at radius 3 is 1.84 bits per heavy atom. The van der Waals surface area contributed by atoms with Crippen molar-refractivity contribution in [3.8, 4) is 0 Å². The fourth-order valence-electron chi connectivity index (χ4n) is 2.52. The maximum absolute atomic E-state index is 2.32. The molecule has 108 valence electrons. The van der Waals surface area contributed by atoms with E-state index in [9.17, 15) is 0 Å². The van der Waals surface area contributed by atoms with Crippen molar-refractivity contribution in [1.82, 2.24) is 0 Å². The highest BCUT2D eigenvalue weighted by atomic mass is 14.0. The lowest BCUT2D eigenvalue weighted by molar-refractivity contribution is 0.509. The van der Waals surface area contributed by atoms with Gasteiger partial charge in [-0.25, -0.2) is 0 Å². The molecule has 0 atom stereocenters. The first-order chi connectivity index (χ1) is 9.18. The van der Waals surface area contributed by atoms with Crippen LogP contribution >= 0.6 is 0 Å². The van der Waals surface area contributed by atoms with Crippen molar-refractivity contribution in [3.05, 3.63) is 35.4 Å². The molecular weight excluding hydrogens is 228 g/mol. The molecule has 0 fully saturated rings. The molecule has 0 aliphatic carbocycles. The van der Waals surface area contributed by atoms with Crippen LogP contribution in [0.15, 0.2) is 24.3 Å². The predicted octanol–water partition coefficient (Wildman–Crippen LogP) is 6.31. The molecule has 0 heteroatoms. The van der Waals surface area contributed by atoms with Gasteiger partial charge in [0, 0.05) is 0 Å². The molecule has 0 saturated carbocycles. The van der Waals surface area contributed by atoms with Crippen LogP contribution in [0, 0.1) is 12.8 Å². The molecular formula is C19H32. The topological polar surface area (TPSA) is 0 Å². The summed E-state index contributed by atoms with van der Waals surface area (Å²) in [5.41, 5.74) is 2.87. The van der Waals surface area contributed by atoms with Crippen molar-refractivity contribution < 1.29 is 0 Å². The molecule has 0 aliphatic rings. The Balaban J connectivity index is 1.90. The van der Waals surface area contributed by atoms with E-state index in [2.05, 4.69) is 45.0 Å². The highest BCUT2D eigenvalue weighted by molar-refractivity contribution is 5.21. The largest absolute Gasteiger partial charge is 0.0628 e. The monoisotopic (exact) mass is 260 g/mol. The van der Waals surface area contributed by atoms with Gasteiger partial charge >= 0.3 is 0 Å². The molecule has 0 N–H and O–H groups in total. The summed E-state index contributed by atoms with van der Waals surface area (Å²) in [7, 11) is 0. The van der Waals surface area contributed by atoms with Gasteiger partial charge in [-0.05, 0) is 31.2 Å². The molecule has 0 saturated heterocycles. The maximum atomic E-state index is 2.32. The van der Waals surface area contributed by atoms with Crippen LogP contribution < -0.4 is 0 Å². The lowest BCUT2D eigenvalue weighted by Gasteiger charge is -2.05. The zero-order valence-electron chi connectivity index (χ0n) is 13.3. The smallest absolute Gasteiger partial charge is 0.0279 e. The molecule has 0 spiro atoms. The molecule has 0 aromatic heterocycles. The summed E-state index contributed by atoms with van der Waals surface area (Å²) in [4.78, 5) is 0. The van der Waals surface area contributed by atoms with Gasteiger partial charge in [0.05, 0.1) is 0 Å². The van der Waals surface area contributed by atoms with Crippen molar-refractivity contribution in [2.24, 2.45) is 5.92 Å². The van der Waals surface area contributed by atoms with Crippen molar-refractivity contribution in [2.45, 2.75) is 78.6 Å². The van der Waals surface area contributed by atoms with E-state index in [1.165, 1.54) is 68.9 Å². The number of hydrogen-bond acceptors (Lipinski definition) is 0. The number of aryl methyl sites for hydroxylation is 2. The number of rotatable bonds is 10. The average molecular weight is 260 g/mol. The normalized spacial score (nSPS) is 11.2. The van der Waals surface area contributed by atoms with E-state index < -0.39 is 0 Å². The summed E-state index contributed by atoms with van der Waals surface area (Å²) >= 11 is 0. The van der Waals surface area contributed by atoms with Gasteiger partial charge < -0.3 is 0 Å². The van der Waals surface area contributed by atoms with Crippen LogP contribution in [-0.4, -0.2) is 0 Å². The van der Waals surface area contributed by atoms with Gasteiger partial charge in [-0.2, -0.15) is 0 Å². The van der Waals surface area contributed by atoms with Crippen LogP contribution in [0.5, 0.6) is 0 Å². The van der Waals surface area contributed by atoms with E-state index in [1.807, 2.05) is 0 Å². The summed E-state index contributed by atoms with van der Waals surface area (Å²) in [6.07, 6.45) is 12.6. The first-order valence-corrected chi connectivity index (χ1v) is 8.24. The minimum atomic E-state index is 0.884. The van der Waals surface area contributed by atoms with Crippen molar-refractivity contribution >= 4 is 0 Å². The third kappa shape index (κ3) is 8.86. The van der Waals surface area contributed by atoms with Crippen molar-refractivity contribution in [3.63, 3.8) is 0 Å². The van der Waals surface area contributed by atoms with Gasteiger partial charge in [0.25, 0.3) is 0 Å². The number of unbranched alkanes of at least 4 members (excludes halogenated alkanes) is 6. The predicted molar refractivity (Wildman–Crippen MR) is 86.7 cm³/mol. The van der Waals surface area contributed by atoms with Crippen LogP contribution in [0.2, 0.25) is 0 Å². The van der Waals surface area contributed by atoms with E-state index >= 15 is 0 Å². The molecule has 0 unspecified atom stereocenters. The van der Waals surface area contributed by atoms with Gasteiger partial charge in [-0.3, -0.25) is 0 Å². The fourth-order valence-corrected chi connectivity index (χ4v) is 2.52. The maximum Gasteiger partial charge on any atom is -0.0279 e. The number of hydrogen-bond donors (Lipinski definition) is 0. The summed E-state index contributed by atoms with van der Waals surface area (Å²) in [6.45, 7) is 6.80. The second-order valence-electron chi connectivity index (χ2n) is 6.39. The average Bonchev–Trinajstić information content (AvgIpc) is 2.38. The van der Waals surface area contributed by atoms with Crippen LogP contribution in [0.4, 0.5) is 0 Å². The highest BCUT2D eigenvalue weighted by Crippen LogP contribution is 2.13. The Bertz CT molecular complexity index is 307. The standard InChI is InChI=1S/C19H32/c1-17(2)11-9-7-5-4-6-8-10-12-19-15-13-18(3)14-16-19/h13-17H,4-12H2,1-3H3. The van der Waals surface area contributed by atoms with E-state index in [-0.39, 0.29) is 0 Å². The molecule has 0 nitrogen and oxygen atoms in total. The van der Waals surface area contributed by atoms with Gasteiger partial charge in [-0.1, -0.05) is 88.6 Å². The van der Waals surface area contributed by atoms with E-state index in [4.69, 9.17) is 0 Å². The molecule has 1 aromatic rings. The van der Waals surface area contributed by atoms with E-state index in [0.29, 0.717) is 0 Å². The van der Waals surface area contributed by atoms with Crippen LogP contribution in [0.1, 0.15) is 76.3 Å². The van der Waals surface area contributed by atoms with E-state index in [0.717, 1.165) is 5.92 Å². The minimum Gasteiger partial charge on any atom is -0.0628 e. The molecule has 0 bridgehead atoms. The Labute approximate surface area is 120 Å². The molecule has 19 heavy (non-hydrogen) atoms. The quantitative estimate of drug-likeness (QED) is 0.432. The molecule has 1 rings (SSSR count). The van der Waals surface area contributed by atoms with Gasteiger partial charge in [0.1, 0.15) is 0 Å². The molecule has 0 radical (unpaired) electrons. The highest BCUT2D eigenvalue weighted by Gasteiger charge is 1.96. The SMILES string of the molecule is Cc1ccc(CCCCCCCCCC(C)C)cc1. The van der Waals surface area contributed by atoms with Gasteiger partial charge in [0.2, 0.25) is 0 Å². The Kier molecular flexibility index (Phi) is 8.62. The number of benzene rings is 1. The van der Waals surface area contributed by atoms with Gasteiger partial charge in [0.15, 0.2) is 0 Å². The summed E-state index contributed by atoms with van der Waals surface area (Å²) in [6, 6.07) is 9.01.